The molecule has 0 saturated carbocycles. The molecule has 0 saturated heterocycles. The molecule has 19 heavy (non-hydrogen) atoms. The molecule has 0 fully saturated rings. The highest BCUT2D eigenvalue weighted by Crippen LogP contribution is 2.02. The van der Waals surface area contributed by atoms with Gasteiger partial charge in [-0.3, -0.25) is 9.59 Å². The molecular weight excluding hydrogens is 292 g/mol. The van der Waals surface area contributed by atoms with Gasteiger partial charge in [0.25, 0.3) is 0 Å². The summed E-state index contributed by atoms with van der Waals surface area (Å²) in [6.07, 6.45) is 4.53. The average Bonchev–Trinajstić information content (AvgIpc) is 2.36. The van der Waals surface area contributed by atoms with Crippen LogP contribution in [0.2, 0.25) is 0 Å². The van der Waals surface area contributed by atoms with Gasteiger partial charge in [-0.2, -0.15) is 34.5 Å². The molecule has 0 amide bonds. The van der Waals surface area contributed by atoms with E-state index in [4.69, 9.17) is 15.2 Å². The zero-order valence-electron chi connectivity index (χ0n) is 10.9. The Kier molecular flexibility index (Phi) is 11.1. The second kappa shape index (κ2) is 11.4. The van der Waals surface area contributed by atoms with E-state index < -0.39 is 24.0 Å². The fourth-order valence-electron chi connectivity index (χ4n) is 1.11. The molecule has 0 aliphatic heterocycles. The van der Waals surface area contributed by atoms with Crippen molar-refractivity contribution in [3.8, 4) is 0 Å². The van der Waals surface area contributed by atoms with E-state index in [2.05, 4.69) is 11.0 Å². The lowest BCUT2D eigenvalue weighted by atomic mass is 10.2. The van der Waals surface area contributed by atoms with Crippen LogP contribution in [0.4, 0.5) is 0 Å². The van der Waals surface area contributed by atoms with Crippen LogP contribution in [-0.4, -0.2) is 58.3 Å². The van der Waals surface area contributed by atoms with Gasteiger partial charge in [0, 0.05) is 0 Å². The highest BCUT2D eigenvalue weighted by Gasteiger charge is 2.20. The maximum absolute atomic E-state index is 10.9. The molecule has 0 heterocycles. The molecule has 7 nitrogen and oxygen atoms in total. The first-order valence-electron chi connectivity index (χ1n) is 5.63. The predicted octanol–water partition coefficient (Wildman–Crippen LogP) is 0.425. The van der Waals surface area contributed by atoms with E-state index in [1.807, 2.05) is 12.5 Å². The van der Waals surface area contributed by atoms with Crippen molar-refractivity contribution in [1.29, 1.82) is 0 Å². The summed E-state index contributed by atoms with van der Waals surface area (Å²) in [5.41, 5.74) is 4.64. The van der Waals surface area contributed by atoms with E-state index in [0.717, 1.165) is 0 Å². The predicted molar refractivity (Wildman–Crippen MR) is 76.2 cm³/mol. The van der Waals surface area contributed by atoms with Crippen LogP contribution in [0.3, 0.4) is 0 Å². The van der Waals surface area contributed by atoms with Crippen LogP contribution >= 0.6 is 23.5 Å². The summed E-state index contributed by atoms with van der Waals surface area (Å²) >= 11 is 3.05. The Morgan fingerprint density at radius 1 is 1.00 bits per heavy atom. The largest absolute Gasteiger partial charge is 0.480 e. The number of carbonyl (C=O) groups is 2. The molecule has 0 spiro atoms. The maximum atomic E-state index is 10.9. The van der Waals surface area contributed by atoms with Crippen molar-refractivity contribution in [1.82, 2.24) is 11.0 Å². The summed E-state index contributed by atoms with van der Waals surface area (Å²) in [6.45, 7) is 0. The SMILES string of the molecule is CSCC[C@H](NON[C@@H](CCSC)C(=O)O)C(=O)O. The molecule has 0 aromatic carbocycles. The van der Waals surface area contributed by atoms with Crippen LogP contribution in [0.15, 0.2) is 0 Å². The van der Waals surface area contributed by atoms with Crippen LogP contribution in [0.1, 0.15) is 12.8 Å². The van der Waals surface area contributed by atoms with Crippen LogP contribution in [0.5, 0.6) is 0 Å². The molecule has 0 aromatic rings. The van der Waals surface area contributed by atoms with Gasteiger partial charge in [-0.1, -0.05) is 0 Å². The van der Waals surface area contributed by atoms with Crippen molar-refractivity contribution >= 4 is 35.5 Å². The number of thioether (sulfide) groups is 2. The first kappa shape index (κ1) is 18.5. The Labute approximate surface area is 120 Å². The molecule has 0 aliphatic rings. The zero-order valence-corrected chi connectivity index (χ0v) is 12.6. The second-order valence-corrected chi connectivity index (χ2v) is 5.65. The monoisotopic (exact) mass is 312 g/mol. The Morgan fingerprint density at radius 2 is 1.37 bits per heavy atom. The van der Waals surface area contributed by atoms with Gasteiger partial charge >= 0.3 is 11.9 Å². The smallest absolute Gasteiger partial charge is 0.323 e. The molecule has 0 radical (unpaired) electrons. The lowest BCUT2D eigenvalue weighted by Crippen LogP contribution is -2.45. The molecule has 9 heteroatoms. The van der Waals surface area contributed by atoms with E-state index in [1.165, 1.54) is 23.5 Å². The number of rotatable bonds is 12. The third-order valence-corrected chi connectivity index (χ3v) is 3.51. The van der Waals surface area contributed by atoms with Crippen molar-refractivity contribution in [2.75, 3.05) is 24.0 Å². The summed E-state index contributed by atoms with van der Waals surface area (Å²) in [5, 5.41) is 17.8. The van der Waals surface area contributed by atoms with Crippen LogP contribution in [0, 0.1) is 0 Å². The summed E-state index contributed by atoms with van der Waals surface area (Å²) in [5.74, 6) is -0.733. The van der Waals surface area contributed by atoms with Gasteiger partial charge in [0.05, 0.1) is 0 Å². The number of hydroxylamine groups is 2. The zero-order chi connectivity index (χ0) is 14.7. The number of nitrogens with one attached hydrogen (secondary N) is 2. The highest BCUT2D eigenvalue weighted by atomic mass is 32.2. The summed E-state index contributed by atoms with van der Waals surface area (Å²) in [6, 6.07) is -1.73. The summed E-state index contributed by atoms with van der Waals surface area (Å²) < 4.78 is 0. The number of carboxylic acids is 2. The fourth-order valence-corrected chi connectivity index (χ4v) is 2.06. The van der Waals surface area contributed by atoms with Gasteiger partial charge in [0.2, 0.25) is 0 Å². The van der Waals surface area contributed by atoms with Gasteiger partial charge in [0.15, 0.2) is 0 Å². The summed E-state index contributed by atoms with van der Waals surface area (Å²) in [4.78, 5) is 26.6. The second-order valence-electron chi connectivity index (χ2n) is 3.68. The minimum Gasteiger partial charge on any atom is -0.480 e. The molecule has 0 aliphatic carbocycles. The average molecular weight is 312 g/mol. The highest BCUT2D eigenvalue weighted by molar-refractivity contribution is 7.98. The molecule has 0 bridgehead atoms. The molecule has 112 valence electrons. The van der Waals surface area contributed by atoms with Gasteiger partial charge < -0.3 is 10.2 Å². The van der Waals surface area contributed by atoms with Gasteiger partial charge in [-0.05, 0) is 36.9 Å². The molecule has 0 unspecified atom stereocenters. The van der Waals surface area contributed by atoms with Crippen molar-refractivity contribution < 1.29 is 24.7 Å². The van der Waals surface area contributed by atoms with Crippen molar-refractivity contribution in [3.05, 3.63) is 0 Å². The quantitative estimate of drug-likeness (QED) is 0.381. The Balaban J connectivity index is 4.05. The molecule has 2 atom stereocenters. The topological polar surface area (TPSA) is 108 Å². The van der Waals surface area contributed by atoms with E-state index in [0.29, 0.717) is 24.3 Å². The van der Waals surface area contributed by atoms with Crippen LogP contribution in [-0.2, 0) is 14.5 Å². The van der Waals surface area contributed by atoms with Gasteiger partial charge in [-0.25, -0.2) is 4.94 Å². The normalized spacial score (nSPS) is 14.0. The van der Waals surface area contributed by atoms with Crippen molar-refractivity contribution in [3.63, 3.8) is 0 Å². The molecule has 4 N–H and O–H groups in total. The first-order chi connectivity index (χ1) is 9.02. The van der Waals surface area contributed by atoms with Gasteiger partial charge in [0.1, 0.15) is 12.1 Å². The lowest BCUT2D eigenvalue weighted by molar-refractivity contribution is -0.155. The van der Waals surface area contributed by atoms with E-state index >= 15 is 0 Å². The third kappa shape index (κ3) is 9.11. The minimum absolute atomic E-state index is 0.390. The fraction of sp³-hybridized carbons (Fsp3) is 0.800. The number of hydrogen-bond donors (Lipinski definition) is 4. The number of aliphatic carboxylic acids is 2. The number of carboxylic acid groups (broad SMARTS) is 2. The Morgan fingerprint density at radius 3 is 1.63 bits per heavy atom. The van der Waals surface area contributed by atoms with Gasteiger partial charge in [-0.15, -0.1) is 0 Å². The first-order valence-corrected chi connectivity index (χ1v) is 8.42. The lowest BCUT2D eigenvalue weighted by Gasteiger charge is -2.17. The molecule has 0 rings (SSSR count). The van der Waals surface area contributed by atoms with E-state index in [9.17, 15) is 9.59 Å². The van der Waals surface area contributed by atoms with Crippen LogP contribution in [0.25, 0.3) is 0 Å². The Bertz CT molecular complexity index is 255. The standard InChI is InChI=1S/C10H20N2O5S2/c1-18-5-3-7(9(13)14)11-17-12-8(10(15)16)4-6-19-2/h7-8,11-12H,3-6H2,1-2H3,(H,13,14)(H,15,16)/t7-,8-/m0/s1. The van der Waals surface area contributed by atoms with Crippen molar-refractivity contribution in [2.45, 2.75) is 24.9 Å². The third-order valence-electron chi connectivity index (χ3n) is 2.22. The van der Waals surface area contributed by atoms with Crippen LogP contribution < -0.4 is 11.0 Å². The summed E-state index contributed by atoms with van der Waals surface area (Å²) in [7, 11) is 0. The minimum atomic E-state index is -1.04. The van der Waals surface area contributed by atoms with E-state index in [1.54, 1.807) is 0 Å². The Hall–Kier alpha value is -0.480. The van der Waals surface area contributed by atoms with Crippen molar-refractivity contribution in [2.24, 2.45) is 0 Å². The molecular formula is C10H20N2O5S2. The maximum Gasteiger partial charge on any atom is 0.323 e. The number of hydrogen-bond acceptors (Lipinski definition) is 7. The van der Waals surface area contributed by atoms with E-state index in [-0.39, 0.29) is 0 Å². The molecule has 0 aromatic heterocycles.